The number of carbonyl (C=O) groups is 1. The van der Waals surface area contributed by atoms with Gasteiger partial charge in [-0.15, -0.1) is 0 Å². The van der Waals surface area contributed by atoms with Crippen LogP contribution < -0.4 is 0 Å². The number of aromatic nitrogens is 2. The molecular formula is C12H9N3O2. The fourth-order valence-corrected chi connectivity index (χ4v) is 1.32. The van der Waals surface area contributed by atoms with Gasteiger partial charge < -0.3 is 4.52 Å². The molecule has 2 aromatic rings. The molecular weight excluding hydrogens is 218 g/mol. The standard InChI is InChI=1S/C12H9N3O2/c1-8-2-4-9(5-3-8)11(16)12-14-10(6-7-13)17-15-12/h2-5H,6H2,1H3. The quantitative estimate of drug-likeness (QED) is 0.745. The van der Waals surface area contributed by atoms with Crippen molar-refractivity contribution in [2.45, 2.75) is 13.3 Å². The van der Waals surface area contributed by atoms with Crippen molar-refractivity contribution in [2.24, 2.45) is 0 Å². The molecule has 0 unspecified atom stereocenters. The van der Waals surface area contributed by atoms with Crippen LogP contribution in [-0.2, 0) is 6.42 Å². The van der Waals surface area contributed by atoms with E-state index in [4.69, 9.17) is 9.78 Å². The van der Waals surface area contributed by atoms with Gasteiger partial charge in [-0.3, -0.25) is 4.79 Å². The molecule has 0 atom stereocenters. The van der Waals surface area contributed by atoms with E-state index in [9.17, 15) is 4.79 Å². The third kappa shape index (κ3) is 2.37. The van der Waals surface area contributed by atoms with Gasteiger partial charge in [-0.1, -0.05) is 35.0 Å². The van der Waals surface area contributed by atoms with Gasteiger partial charge in [-0.05, 0) is 6.92 Å². The summed E-state index contributed by atoms with van der Waals surface area (Å²) in [7, 11) is 0. The summed E-state index contributed by atoms with van der Waals surface area (Å²) >= 11 is 0. The summed E-state index contributed by atoms with van der Waals surface area (Å²) < 4.78 is 4.77. The Labute approximate surface area is 97.7 Å². The average molecular weight is 227 g/mol. The van der Waals surface area contributed by atoms with Crippen LogP contribution in [0.5, 0.6) is 0 Å². The molecule has 17 heavy (non-hydrogen) atoms. The molecule has 0 amide bonds. The number of aryl methyl sites for hydroxylation is 1. The van der Waals surface area contributed by atoms with Gasteiger partial charge in [0, 0.05) is 5.56 Å². The van der Waals surface area contributed by atoms with E-state index < -0.39 is 0 Å². The molecule has 1 heterocycles. The Bertz CT molecular complexity index is 579. The molecule has 0 radical (unpaired) electrons. The number of ketones is 1. The number of hydrogen-bond acceptors (Lipinski definition) is 5. The van der Waals surface area contributed by atoms with Crippen LogP contribution in [0, 0.1) is 18.3 Å². The highest BCUT2D eigenvalue weighted by atomic mass is 16.5. The van der Waals surface area contributed by atoms with Crippen molar-refractivity contribution in [3.8, 4) is 6.07 Å². The Morgan fingerprint density at radius 1 is 1.41 bits per heavy atom. The Hall–Kier alpha value is -2.48. The lowest BCUT2D eigenvalue weighted by Crippen LogP contribution is -2.03. The van der Waals surface area contributed by atoms with E-state index >= 15 is 0 Å². The smallest absolute Gasteiger partial charge is 0.243 e. The van der Waals surface area contributed by atoms with Crippen molar-refractivity contribution < 1.29 is 9.32 Å². The third-order valence-electron chi connectivity index (χ3n) is 2.22. The van der Waals surface area contributed by atoms with Crippen LogP contribution in [0.4, 0.5) is 0 Å². The highest BCUT2D eigenvalue weighted by Crippen LogP contribution is 2.09. The monoisotopic (exact) mass is 227 g/mol. The Morgan fingerprint density at radius 2 is 2.12 bits per heavy atom. The van der Waals surface area contributed by atoms with Crippen molar-refractivity contribution in [1.29, 1.82) is 5.26 Å². The van der Waals surface area contributed by atoms with Crippen molar-refractivity contribution >= 4 is 5.78 Å². The highest BCUT2D eigenvalue weighted by Gasteiger charge is 2.16. The van der Waals surface area contributed by atoms with Crippen LogP contribution in [0.25, 0.3) is 0 Å². The topological polar surface area (TPSA) is 79.8 Å². The second-order valence-corrected chi connectivity index (χ2v) is 3.54. The summed E-state index contributed by atoms with van der Waals surface area (Å²) in [5, 5.41) is 12.0. The molecule has 1 aromatic heterocycles. The van der Waals surface area contributed by atoms with Crippen LogP contribution in [0.1, 0.15) is 27.6 Å². The first-order chi connectivity index (χ1) is 8.20. The minimum absolute atomic E-state index is 0.00811. The molecule has 0 spiro atoms. The number of benzene rings is 1. The van der Waals surface area contributed by atoms with Gasteiger partial charge in [0.05, 0.1) is 6.07 Å². The molecule has 0 aliphatic heterocycles. The molecule has 84 valence electrons. The van der Waals surface area contributed by atoms with E-state index in [0.717, 1.165) is 5.56 Å². The minimum atomic E-state index is -0.307. The molecule has 0 bridgehead atoms. The van der Waals surface area contributed by atoms with Crippen LogP contribution in [0.3, 0.4) is 0 Å². The zero-order valence-corrected chi connectivity index (χ0v) is 9.17. The maximum Gasteiger partial charge on any atom is 0.243 e. The lowest BCUT2D eigenvalue weighted by Gasteiger charge is -1.96. The van der Waals surface area contributed by atoms with E-state index in [1.807, 2.05) is 25.1 Å². The van der Waals surface area contributed by atoms with Crippen molar-refractivity contribution in [1.82, 2.24) is 10.1 Å². The summed E-state index contributed by atoms with van der Waals surface area (Å²) in [6, 6.07) is 8.96. The second-order valence-electron chi connectivity index (χ2n) is 3.54. The molecule has 2 rings (SSSR count). The molecule has 0 fully saturated rings. The van der Waals surface area contributed by atoms with E-state index in [0.29, 0.717) is 5.56 Å². The fourth-order valence-electron chi connectivity index (χ4n) is 1.32. The number of nitrogens with zero attached hydrogens (tertiary/aromatic N) is 3. The minimum Gasteiger partial charge on any atom is -0.338 e. The number of rotatable bonds is 3. The van der Waals surface area contributed by atoms with E-state index in [2.05, 4.69) is 10.1 Å². The van der Waals surface area contributed by atoms with Gasteiger partial charge in [0.1, 0.15) is 6.42 Å². The number of carbonyl (C=O) groups excluding carboxylic acids is 1. The molecule has 0 saturated carbocycles. The lowest BCUT2D eigenvalue weighted by molar-refractivity contribution is 0.102. The molecule has 0 aliphatic carbocycles. The zero-order valence-electron chi connectivity index (χ0n) is 9.17. The van der Waals surface area contributed by atoms with Crippen LogP contribution in [-0.4, -0.2) is 15.9 Å². The Kier molecular flexibility index (Phi) is 2.97. The molecule has 0 saturated heterocycles. The lowest BCUT2D eigenvalue weighted by atomic mass is 10.1. The van der Waals surface area contributed by atoms with Gasteiger partial charge in [0.25, 0.3) is 0 Å². The third-order valence-corrected chi connectivity index (χ3v) is 2.22. The Balaban J connectivity index is 2.25. The maximum atomic E-state index is 11.9. The predicted octanol–water partition coefficient (Wildman–Crippen LogP) is 1.68. The van der Waals surface area contributed by atoms with Crippen LogP contribution in [0.2, 0.25) is 0 Å². The molecule has 5 heteroatoms. The van der Waals surface area contributed by atoms with Crippen LogP contribution >= 0.6 is 0 Å². The summed E-state index contributed by atoms with van der Waals surface area (Å²) in [5.41, 5.74) is 1.57. The first-order valence-corrected chi connectivity index (χ1v) is 5.01. The number of hydrogen-bond donors (Lipinski definition) is 0. The van der Waals surface area contributed by atoms with Crippen LogP contribution in [0.15, 0.2) is 28.8 Å². The van der Waals surface area contributed by atoms with Gasteiger partial charge >= 0.3 is 0 Å². The molecule has 0 N–H and O–H groups in total. The Morgan fingerprint density at radius 3 is 2.76 bits per heavy atom. The largest absolute Gasteiger partial charge is 0.338 e. The summed E-state index contributed by atoms with van der Waals surface area (Å²) in [6.45, 7) is 1.94. The molecule has 1 aromatic carbocycles. The fraction of sp³-hybridized carbons (Fsp3) is 0.167. The van der Waals surface area contributed by atoms with E-state index in [1.165, 1.54) is 0 Å². The summed E-state index contributed by atoms with van der Waals surface area (Å²) in [5.74, 6) is -0.167. The second kappa shape index (κ2) is 4.58. The summed E-state index contributed by atoms with van der Waals surface area (Å²) in [4.78, 5) is 15.8. The van der Waals surface area contributed by atoms with E-state index in [1.54, 1.807) is 12.1 Å². The molecule has 0 aliphatic rings. The van der Waals surface area contributed by atoms with Crippen molar-refractivity contribution in [2.75, 3.05) is 0 Å². The van der Waals surface area contributed by atoms with Crippen molar-refractivity contribution in [3.05, 3.63) is 47.1 Å². The van der Waals surface area contributed by atoms with E-state index in [-0.39, 0.29) is 23.9 Å². The average Bonchev–Trinajstić information content (AvgIpc) is 2.78. The van der Waals surface area contributed by atoms with Gasteiger partial charge in [0.2, 0.25) is 17.5 Å². The SMILES string of the molecule is Cc1ccc(C(=O)c2noc(CC#N)n2)cc1. The number of nitriles is 1. The van der Waals surface area contributed by atoms with Gasteiger partial charge in [-0.25, -0.2) is 0 Å². The first kappa shape index (κ1) is 11.0. The van der Waals surface area contributed by atoms with Gasteiger partial charge in [-0.2, -0.15) is 10.2 Å². The van der Waals surface area contributed by atoms with Gasteiger partial charge in [0.15, 0.2) is 0 Å². The normalized spacial score (nSPS) is 9.88. The summed E-state index contributed by atoms with van der Waals surface area (Å²) in [6.07, 6.45) is 0.00811. The van der Waals surface area contributed by atoms with Crippen molar-refractivity contribution in [3.63, 3.8) is 0 Å². The predicted molar refractivity (Wildman–Crippen MR) is 58.2 cm³/mol. The maximum absolute atomic E-state index is 11.9. The highest BCUT2D eigenvalue weighted by molar-refractivity contribution is 6.06. The molecule has 5 nitrogen and oxygen atoms in total. The first-order valence-electron chi connectivity index (χ1n) is 5.01. The zero-order chi connectivity index (χ0) is 12.3.